The van der Waals surface area contributed by atoms with E-state index in [1.165, 1.54) is 5.56 Å². The molecule has 1 atom stereocenters. The Labute approximate surface area is 167 Å². The predicted octanol–water partition coefficient (Wildman–Crippen LogP) is 2.63. The SMILES string of the molecule is CN(CC1CCN(Cc2ccccc2)CC1)C(=O)[C@@H](N)Cc1ccc(O)cc1. The van der Waals surface area contributed by atoms with Crippen molar-refractivity contribution in [2.24, 2.45) is 11.7 Å². The van der Waals surface area contributed by atoms with Crippen molar-refractivity contribution in [3.8, 4) is 5.75 Å². The Morgan fingerprint density at radius 3 is 2.39 bits per heavy atom. The fourth-order valence-electron chi connectivity index (χ4n) is 3.90. The van der Waals surface area contributed by atoms with Gasteiger partial charge in [0.1, 0.15) is 5.75 Å². The van der Waals surface area contributed by atoms with Crippen LogP contribution < -0.4 is 5.73 Å². The number of likely N-dealkylation sites (N-methyl/N-ethyl adjacent to an activating group) is 1. The van der Waals surface area contributed by atoms with Gasteiger partial charge >= 0.3 is 0 Å². The Hall–Kier alpha value is -2.37. The average molecular weight is 382 g/mol. The van der Waals surface area contributed by atoms with E-state index >= 15 is 0 Å². The largest absolute Gasteiger partial charge is 0.508 e. The van der Waals surface area contributed by atoms with Crippen molar-refractivity contribution in [3.05, 3.63) is 65.7 Å². The molecule has 5 heteroatoms. The minimum atomic E-state index is -0.548. The maximum absolute atomic E-state index is 12.6. The van der Waals surface area contributed by atoms with Crippen LogP contribution in [-0.2, 0) is 17.8 Å². The van der Waals surface area contributed by atoms with Crippen LogP contribution in [0.1, 0.15) is 24.0 Å². The molecule has 1 aliphatic heterocycles. The third-order valence-corrected chi connectivity index (χ3v) is 5.57. The average Bonchev–Trinajstić information content (AvgIpc) is 2.71. The van der Waals surface area contributed by atoms with E-state index in [0.29, 0.717) is 12.3 Å². The van der Waals surface area contributed by atoms with Crippen LogP contribution in [0.25, 0.3) is 0 Å². The van der Waals surface area contributed by atoms with Crippen molar-refractivity contribution in [2.75, 3.05) is 26.7 Å². The molecule has 28 heavy (non-hydrogen) atoms. The van der Waals surface area contributed by atoms with Gasteiger partial charge in [0.05, 0.1) is 6.04 Å². The van der Waals surface area contributed by atoms with Gasteiger partial charge in [-0.15, -0.1) is 0 Å². The molecule has 150 valence electrons. The van der Waals surface area contributed by atoms with Crippen molar-refractivity contribution < 1.29 is 9.90 Å². The predicted molar refractivity (Wildman–Crippen MR) is 112 cm³/mol. The van der Waals surface area contributed by atoms with Crippen LogP contribution in [0.5, 0.6) is 5.75 Å². The Balaban J connectivity index is 1.42. The van der Waals surface area contributed by atoms with Crippen LogP contribution in [0.2, 0.25) is 0 Å². The van der Waals surface area contributed by atoms with E-state index in [1.54, 1.807) is 17.0 Å². The molecule has 0 spiro atoms. The van der Waals surface area contributed by atoms with Crippen LogP contribution in [0.3, 0.4) is 0 Å². The van der Waals surface area contributed by atoms with Gasteiger partial charge in [0, 0.05) is 20.1 Å². The molecule has 0 saturated carbocycles. The molecular weight excluding hydrogens is 350 g/mol. The van der Waals surface area contributed by atoms with Gasteiger partial charge in [-0.25, -0.2) is 0 Å². The van der Waals surface area contributed by atoms with Crippen molar-refractivity contribution in [1.29, 1.82) is 0 Å². The summed E-state index contributed by atoms with van der Waals surface area (Å²) in [6.07, 6.45) is 2.70. The van der Waals surface area contributed by atoms with Crippen molar-refractivity contribution in [2.45, 2.75) is 31.8 Å². The summed E-state index contributed by atoms with van der Waals surface area (Å²) in [5.41, 5.74) is 8.45. The number of phenols is 1. The third kappa shape index (κ3) is 5.81. The molecule has 0 bridgehead atoms. The van der Waals surface area contributed by atoms with E-state index in [0.717, 1.165) is 44.6 Å². The van der Waals surface area contributed by atoms with Gasteiger partial charge in [-0.2, -0.15) is 0 Å². The second-order valence-electron chi connectivity index (χ2n) is 7.90. The summed E-state index contributed by atoms with van der Waals surface area (Å²) in [5.74, 6) is 0.737. The smallest absolute Gasteiger partial charge is 0.239 e. The Kier molecular flexibility index (Phi) is 7.06. The normalized spacial score (nSPS) is 16.6. The molecule has 1 saturated heterocycles. The first-order valence-electron chi connectivity index (χ1n) is 10.1. The van der Waals surface area contributed by atoms with Crippen molar-refractivity contribution in [1.82, 2.24) is 9.80 Å². The first-order chi connectivity index (χ1) is 13.5. The quantitative estimate of drug-likeness (QED) is 0.774. The molecule has 0 unspecified atom stereocenters. The van der Waals surface area contributed by atoms with Gasteiger partial charge in [-0.05, 0) is 61.5 Å². The number of carbonyl (C=O) groups is 1. The lowest BCUT2D eigenvalue weighted by Crippen LogP contribution is -2.46. The summed E-state index contributed by atoms with van der Waals surface area (Å²) in [4.78, 5) is 16.9. The van der Waals surface area contributed by atoms with E-state index in [4.69, 9.17) is 5.73 Å². The fourth-order valence-corrected chi connectivity index (χ4v) is 3.90. The van der Waals surface area contributed by atoms with E-state index < -0.39 is 6.04 Å². The van der Waals surface area contributed by atoms with Crippen molar-refractivity contribution >= 4 is 5.91 Å². The molecule has 3 N–H and O–H groups in total. The molecule has 1 aliphatic rings. The molecule has 1 heterocycles. The monoisotopic (exact) mass is 381 g/mol. The minimum absolute atomic E-state index is 0.0141. The molecule has 2 aromatic carbocycles. The zero-order valence-electron chi connectivity index (χ0n) is 16.6. The van der Waals surface area contributed by atoms with Crippen LogP contribution in [0.15, 0.2) is 54.6 Å². The number of hydrogen-bond acceptors (Lipinski definition) is 4. The Bertz CT molecular complexity index is 740. The van der Waals surface area contributed by atoms with Gasteiger partial charge in [0.15, 0.2) is 0 Å². The van der Waals surface area contributed by atoms with Crippen molar-refractivity contribution in [3.63, 3.8) is 0 Å². The number of likely N-dealkylation sites (tertiary alicyclic amines) is 1. The molecule has 1 fully saturated rings. The second kappa shape index (κ2) is 9.71. The lowest BCUT2D eigenvalue weighted by Gasteiger charge is -2.34. The van der Waals surface area contributed by atoms with Gasteiger partial charge < -0.3 is 15.7 Å². The van der Waals surface area contributed by atoms with E-state index in [1.807, 2.05) is 19.2 Å². The molecule has 5 nitrogen and oxygen atoms in total. The zero-order valence-corrected chi connectivity index (χ0v) is 16.6. The molecule has 3 rings (SSSR count). The summed E-state index contributed by atoms with van der Waals surface area (Å²) in [5, 5.41) is 9.36. The highest BCUT2D eigenvalue weighted by atomic mass is 16.3. The fraction of sp³-hybridized carbons (Fsp3) is 0.435. The number of nitrogens with zero attached hydrogens (tertiary/aromatic N) is 2. The second-order valence-corrected chi connectivity index (χ2v) is 7.90. The zero-order chi connectivity index (χ0) is 19.9. The molecule has 1 amide bonds. The maximum Gasteiger partial charge on any atom is 0.239 e. The standard InChI is InChI=1S/C23H31N3O2/c1-25(23(28)22(24)15-18-7-9-21(27)10-8-18)16-20-11-13-26(14-12-20)17-19-5-3-2-4-6-19/h2-10,20,22,27H,11-17,24H2,1H3/t22-/m0/s1. The molecule has 0 aromatic heterocycles. The number of benzene rings is 2. The number of rotatable bonds is 7. The summed E-state index contributed by atoms with van der Waals surface area (Å²) >= 11 is 0. The summed E-state index contributed by atoms with van der Waals surface area (Å²) in [6, 6.07) is 16.9. The number of piperidine rings is 1. The van der Waals surface area contributed by atoms with Crippen LogP contribution in [0, 0.1) is 5.92 Å². The minimum Gasteiger partial charge on any atom is -0.508 e. The number of aromatic hydroxyl groups is 1. The van der Waals surface area contributed by atoms with Gasteiger partial charge in [-0.1, -0.05) is 42.5 Å². The number of nitrogens with two attached hydrogens (primary N) is 1. The van der Waals surface area contributed by atoms with Gasteiger partial charge in [0.25, 0.3) is 0 Å². The Morgan fingerprint density at radius 2 is 1.75 bits per heavy atom. The third-order valence-electron chi connectivity index (χ3n) is 5.57. The highest BCUT2D eigenvalue weighted by molar-refractivity contribution is 5.81. The number of amides is 1. The lowest BCUT2D eigenvalue weighted by molar-refractivity contribution is -0.132. The summed E-state index contributed by atoms with van der Waals surface area (Å²) in [6.45, 7) is 3.91. The molecule has 2 aromatic rings. The lowest BCUT2D eigenvalue weighted by atomic mass is 9.95. The van der Waals surface area contributed by atoms with Crippen LogP contribution in [-0.4, -0.2) is 53.5 Å². The highest BCUT2D eigenvalue weighted by Crippen LogP contribution is 2.20. The molecule has 0 aliphatic carbocycles. The van der Waals surface area contributed by atoms with Crippen LogP contribution in [0.4, 0.5) is 0 Å². The van der Waals surface area contributed by atoms with E-state index in [9.17, 15) is 9.90 Å². The molecule has 0 radical (unpaired) electrons. The first kappa shape index (κ1) is 20.4. The maximum atomic E-state index is 12.6. The topological polar surface area (TPSA) is 69.8 Å². The van der Waals surface area contributed by atoms with Gasteiger partial charge in [-0.3, -0.25) is 9.69 Å². The summed E-state index contributed by atoms with van der Waals surface area (Å²) in [7, 11) is 1.86. The van der Waals surface area contributed by atoms with E-state index in [-0.39, 0.29) is 11.7 Å². The number of hydrogen-bond donors (Lipinski definition) is 2. The van der Waals surface area contributed by atoms with Crippen LogP contribution >= 0.6 is 0 Å². The van der Waals surface area contributed by atoms with Gasteiger partial charge in [0.2, 0.25) is 5.91 Å². The molecular formula is C23H31N3O2. The Morgan fingerprint density at radius 1 is 1.11 bits per heavy atom. The first-order valence-corrected chi connectivity index (χ1v) is 10.1. The van der Waals surface area contributed by atoms with E-state index in [2.05, 4.69) is 35.2 Å². The number of carbonyl (C=O) groups excluding carboxylic acids is 1. The highest BCUT2D eigenvalue weighted by Gasteiger charge is 2.24. The summed E-state index contributed by atoms with van der Waals surface area (Å²) < 4.78 is 0. The number of phenolic OH excluding ortho intramolecular Hbond substituents is 1.